The van der Waals surface area contributed by atoms with Crippen LogP contribution in [-0.4, -0.2) is 62.5 Å². The minimum atomic E-state index is 0.646. The second-order valence-electron chi connectivity index (χ2n) is 6.47. The summed E-state index contributed by atoms with van der Waals surface area (Å²) in [4.78, 5) is 4.83. The Hall–Kier alpha value is -2.25. The van der Waals surface area contributed by atoms with Crippen LogP contribution in [0.25, 0.3) is 0 Å². The SMILES string of the molecule is COc1ccc(CN2CCN(Cc3cc(C)on3)CC2)c(OC)c1OC. The van der Waals surface area contributed by atoms with Crippen molar-refractivity contribution in [1.29, 1.82) is 0 Å². The third-order valence-electron chi connectivity index (χ3n) is 4.71. The summed E-state index contributed by atoms with van der Waals surface area (Å²) >= 11 is 0. The number of piperazine rings is 1. The van der Waals surface area contributed by atoms with Gasteiger partial charge in [0, 0.05) is 50.9 Å². The fourth-order valence-corrected chi connectivity index (χ4v) is 3.36. The molecule has 0 spiro atoms. The monoisotopic (exact) mass is 361 g/mol. The molecule has 7 nitrogen and oxygen atoms in total. The van der Waals surface area contributed by atoms with Crippen molar-refractivity contribution in [3.63, 3.8) is 0 Å². The molecule has 0 bridgehead atoms. The fourth-order valence-electron chi connectivity index (χ4n) is 3.36. The van der Waals surface area contributed by atoms with Crippen molar-refractivity contribution in [3.05, 3.63) is 35.2 Å². The predicted molar refractivity (Wildman–Crippen MR) is 97.9 cm³/mol. The Morgan fingerprint density at radius 3 is 2.12 bits per heavy atom. The maximum Gasteiger partial charge on any atom is 0.203 e. The van der Waals surface area contributed by atoms with Crippen LogP contribution in [0.15, 0.2) is 22.7 Å². The highest BCUT2D eigenvalue weighted by Crippen LogP contribution is 2.40. The largest absolute Gasteiger partial charge is 0.493 e. The molecule has 3 rings (SSSR count). The van der Waals surface area contributed by atoms with E-state index in [0.29, 0.717) is 11.5 Å². The van der Waals surface area contributed by atoms with Gasteiger partial charge in [-0.3, -0.25) is 9.80 Å². The number of rotatable bonds is 7. The number of nitrogens with zero attached hydrogens (tertiary/aromatic N) is 3. The zero-order chi connectivity index (χ0) is 18.5. The molecule has 7 heteroatoms. The molecule has 1 fully saturated rings. The van der Waals surface area contributed by atoms with Gasteiger partial charge in [0.2, 0.25) is 5.75 Å². The molecule has 1 aromatic carbocycles. The molecule has 1 aliphatic heterocycles. The van der Waals surface area contributed by atoms with E-state index in [4.69, 9.17) is 18.7 Å². The van der Waals surface area contributed by atoms with Crippen LogP contribution in [0.3, 0.4) is 0 Å². The van der Waals surface area contributed by atoms with Crippen molar-refractivity contribution < 1.29 is 18.7 Å². The molecule has 0 aliphatic carbocycles. The first-order valence-corrected chi connectivity index (χ1v) is 8.79. The van der Waals surface area contributed by atoms with Gasteiger partial charge in [0.15, 0.2) is 11.5 Å². The molecular formula is C19H27N3O4. The summed E-state index contributed by atoms with van der Waals surface area (Å²) in [6.45, 7) is 7.57. The van der Waals surface area contributed by atoms with Crippen molar-refractivity contribution in [3.8, 4) is 17.2 Å². The Labute approximate surface area is 154 Å². The van der Waals surface area contributed by atoms with Crippen LogP contribution in [0.2, 0.25) is 0 Å². The van der Waals surface area contributed by atoms with Crippen LogP contribution in [0.1, 0.15) is 17.0 Å². The van der Waals surface area contributed by atoms with Crippen molar-refractivity contribution >= 4 is 0 Å². The molecule has 0 amide bonds. The maximum absolute atomic E-state index is 5.59. The molecule has 0 atom stereocenters. The fraction of sp³-hybridized carbons (Fsp3) is 0.526. The molecule has 26 heavy (non-hydrogen) atoms. The molecule has 1 aromatic heterocycles. The Morgan fingerprint density at radius 1 is 0.923 bits per heavy atom. The quantitative estimate of drug-likeness (QED) is 0.750. The minimum absolute atomic E-state index is 0.646. The number of aryl methyl sites for hydroxylation is 1. The van der Waals surface area contributed by atoms with Gasteiger partial charge in [-0.15, -0.1) is 0 Å². The maximum atomic E-state index is 5.59. The second-order valence-corrected chi connectivity index (χ2v) is 6.47. The Bertz CT molecular complexity index is 724. The standard InChI is InChI=1S/C19H27N3O4/c1-14-11-16(20-26-14)13-22-9-7-21(8-10-22)12-15-5-6-17(23-2)19(25-4)18(15)24-3/h5-6,11H,7-10,12-13H2,1-4H3. The zero-order valence-electron chi connectivity index (χ0n) is 15.9. The van der Waals surface area contributed by atoms with Gasteiger partial charge in [-0.25, -0.2) is 0 Å². The van der Waals surface area contributed by atoms with Crippen LogP contribution >= 0.6 is 0 Å². The highest BCUT2D eigenvalue weighted by atomic mass is 16.5. The average molecular weight is 361 g/mol. The molecule has 1 saturated heterocycles. The summed E-state index contributed by atoms with van der Waals surface area (Å²) in [5.41, 5.74) is 2.10. The molecule has 2 aromatic rings. The number of methoxy groups -OCH3 is 3. The van der Waals surface area contributed by atoms with Gasteiger partial charge >= 0.3 is 0 Å². The first kappa shape index (κ1) is 18.5. The molecular weight excluding hydrogens is 334 g/mol. The molecule has 0 radical (unpaired) electrons. The van der Waals surface area contributed by atoms with E-state index in [1.54, 1.807) is 21.3 Å². The van der Waals surface area contributed by atoms with Crippen LogP contribution in [0, 0.1) is 6.92 Å². The summed E-state index contributed by atoms with van der Waals surface area (Å²) in [5.74, 6) is 2.93. The lowest BCUT2D eigenvalue weighted by Gasteiger charge is -2.34. The summed E-state index contributed by atoms with van der Waals surface area (Å²) < 4.78 is 21.6. The van der Waals surface area contributed by atoms with Gasteiger partial charge < -0.3 is 18.7 Å². The zero-order valence-corrected chi connectivity index (χ0v) is 15.9. The molecule has 0 saturated carbocycles. The van der Waals surface area contributed by atoms with Crippen LogP contribution in [0.5, 0.6) is 17.2 Å². The first-order valence-electron chi connectivity index (χ1n) is 8.79. The van der Waals surface area contributed by atoms with Gasteiger partial charge in [-0.05, 0) is 13.0 Å². The van der Waals surface area contributed by atoms with E-state index >= 15 is 0 Å². The number of ether oxygens (including phenoxy) is 3. The van der Waals surface area contributed by atoms with Crippen molar-refractivity contribution in [1.82, 2.24) is 15.0 Å². The van der Waals surface area contributed by atoms with E-state index in [0.717, 1.165) is 62.0 Å². The third-order valence-corrected chi connectivity index (χ3v) is 4.71. The summed E-state index contributed by atoms with van der Waals surface area (Å²) in [7, 11) is 4.93. The smallest absolute Gasteiger partial charge is 0.203 e. The van der Waals surface area contributed by atoms with E-state index in [9.17, 15) is 0 Å². The Balaban J connectivity index is 1.60. The topological polar surface area (TPSA) is 60.2 Å². The van der Waals surface area contributed by atoms with Crippen molar-refractivity contribution in [2.75, 3.05) is 47.5 Å². The van der Waals surface area contributed by atoms with E-state index in [1.165, 1.54) is 0 Å². The Morgan fingerprint density at radius 2 is 1.58 bits per heavy atom. The van der Waals surface area contributed by atoms with E-state index in [1.807, 2.05) is 25.1 Å². The highest BCUT2D eigenvalue weighted by Gasteiger charge is 2.21. The number of hydrogen-bond donors (Lipinski definition) is 0. The lowest BCUT2D eigenvalue weighted by Crippen LogP contribution is -2.45. The average Bonchev–Trinajstić information content (AvgIpc) is 3.07. The van der Waals surface area contributed by atoms with E-state index in [-0.39, 0.29) is 0 Å². The van der Waals surface area contributed by atoms with Crippen LogP contribution < -0.4 is 14.2 Å². The predicted octanol–water partition coefficient (Wildman–Crippen LogP) is 2.33. The van der Waals surface area contributed by atoms with Gasteiger partial charge in [0.1, 0.15) is 5.76 Å². The lowest BCUT2D eigenvalue weighted by atomic mass is 10.1. The normalized spacial score (nSPS) is 15.8. The second kappa shape index (κ2) is 8.42. The van der Waals surface area contributed by atoms with Crippen LogP contribution in [0.4, 0.5) is 0 Å². The van der Waals surface area contributed by atoms with Gasteiger partial charge in [0.05, 0.1) is 27.0 Å². The summed E-state index contributed by atoms with van der Waals surface area (Å²) in [5, 5.41) is 4.08. The number of aromatic nitrogens is 1. The van der Waals surface area contributed by atoms with Crippen LogP contribution in [-0.2, 0) is 13.1 Å². The third kappa shape index (κ3) is 4.11. The Kier molecular flexibility index (Phi) is 6.00. The number of hydrogen-bond acceptors (Lipinski definition) is 7. The van der Waals surface area contributed by atoms with Gasteiger partial charge in [-0.2, -0.15) is 0 Å². The van der Waals surface area contributed by atoms with Gasteiger partial charge in [-0.1, -0.05) is 11.2 Å². The molecule has 1 aliphatic rings. The molecule has 0 N–H and O–H groups in total. The molecule has 0 unspecified atom stereocenters. The first-order chi connectivity index (χ1) is 12.6. The summed E-state index contributed by atoms with van der Waals surface area (Å²) in [6, 6.07) is 5.98. The number of benzene rings is 1. The summed E-state index contributed by atoms with van der Waals surface area (Å²) in [6.07, 6.45) is 0. The van der Waals surface area contributed by atoms with E-state index in [2.05, 4.69) is 15.0 Å². The molecule has 142 valence electrons. The van der Waals surface area contributed by atoms with Gasteiger partial charge in [0.25, 0.3) is 0 Å². The van der Waals surface area contributed by atoms with E-state index < -0.39 is 0 Å². The highest BCUT2D eigenvalue weighted by molar-refractivity contribution is 5.55. The van der Waals surface area contributed by atoms with Crippen molar-refractivity contribution in [2.24, 2.45) is 0 Å². The minimum Gasteiger partial charge on any atom is -0.493 e. The lowest BCUT2D eigenvalue weighted by molar-refractivity contribution is 0.119. The molecule has 2 heterocycles. The van der Waals surface area contributed by atoms with Crippen molar-refractivity contribution in [2.45, 2.75) is 20.0 Å².